The lowest BCUT2D eigenvalue weighted by Gasteiger charge is -2.22. The van der Waals surface area contributed by atoms with Crippen molar-refractivity contribution in [2.75, 3.05) is 6.61 Å². The molecule has 8 heteroatoms. The van der Waals surface area contributed by atoms with Crippen molar-refractivity contribution in [1.29, 1.82) is 0 Å². The van der Waals surface area contributed by atoms with Gasteiger partial charge in [-0.3, -0.25) is 19.1 Å². The maximum atomic E-state index is 11.8. The highest BCUT2D eigenvalue weighted by Crippen LogP contribution is 2.36. The zero-order valence-electron chi connectivity index (χ0n) is 11.4. The van der Waals surface area contributed by atoms with Crippen molar-refractivity contribution in [1.82, 2.24) is 9.55 Å². The van der Waals surface area contributed by atoms with E-state index in [0.717, 1.165) is 10.6 Å². The third-order valence-electron chi connectivity index (χ3n) is 3.47. The van der Waals surface area contributed by atoms with Crippen LogP contribution in [0.25, 0.3) is 0 Å². The molecule has 1 aromatic rings. The number of aromatic nitrogens is 2. The Hall–Kier alpha value is -2.03. The van der Waals surface area contributed by atoms with Crippen LogP contribution in [0.4, 0.5) is 0 Å². The van der Waals surface area contributed by atoms with Gasteiger partial charge in [-0.1, -0.05) is 0 Å². The van der Waals surface area contributed by atoms with Crippen molar-refractivity contribution in [3.8, 4) is 0 Å². The Balaban J connectivity index is 2.38. The van der Waals surface area contributed by atoms with Crippen molar-refractivity contribution in [3.05, 3.63) is 44.8 Å². The van der Waals surface area contributed by atoms with E-state index in [2.05, 4.69) is 4.98 Å². The summed E-state index contributed by atoms with van der Waals surface area (Å²) in [5.74, 6) is 0. The van der Waals surface area contributed by atoms with Crippen LogP contribution >= 0.6 is 0 Å². The lowest BCUT2D eigenvalue weighted by atomic mass is 9.94. The number of aldehydes is 1. The fourth-order valence-corrected chi connectivity index (χ4v) is 2.31. The van der Waals surface area contributed by atoms with E-state index in [-0.39, 0.29) is 6.42 Å². The van der Waals surface area contributed by atoms with Crippen molar-refractivity contribution in [2.24, 2.45) is 0 Å². The second-order valence-corrected chi connectivity index (χ2v) is 4.93. The van der Waals surface area contributed by atoms with Crippen LogP contribution in [0, 0.1) is 6.92 Å². The predicted octanol–water partition coefficient (Wildman–Crippen LogP) is -1.39. The van der Waals surface area contributed by atoms with E-state index in [9.17, 15) is 24.6 Å². The van der Waals surface area contributed by atoms with Crippen molar-refractivity contribution in [2.45, 2.75) is 31.3 Å². The molecule has 0 radical (unpaired) electrons. The number of aliphatic hydroxyl groups is 2. The van der Waals surface area contributed by atoms with Crippen LogP contribution in [0.5, 0.6) is 0 Å². The summed E-state index contributed by atoms with van der Waals surface area (Å²) in [6, 6.07) is 0. The number of aryl methyl sites for hydroxylation is 1. The molecule has 0 spiro atoms. The van der Waals surface area contributed by atoms with Gasteiger partial charge in [0.25, 0.3) is 5.56 Å². The van der Waals surface area contributed by atoms with Gasteiger partial charge in [0, 0.05) is 18.2 Å². The van der Waals surface area contributed by atoms with Crippen LogP contribution in [-0.4, -0.2) is 44.4 Å². The highest BCUT2D eigenvalue weighted by Gasteiger charge is 2.46. The number of aliphatic hydroxyl groups excluding tert-OH is 1. The Bertz CT molecular complexity index is 676. The van der Waals surface area contributed by atoms with E-state index in [0.29, 0.717) is 11.8 Å². The number of carbonyl (C=O) groups is 1. The fraction of sp³-hybridized carbons (Fsp3) is 0.462. The largest absolute Gasteiger partial charge is 0.394 e. The minimum atomic E-state index is -1.57. The quantitative estimate of drug-likeness (QED) is 0.464. The molecule has 1 aromatic heterocycles. The molecular weight excluding hydrogens is 280 g/mol. The predicted molar refractivity (Wildman–Crippen MR) is 71.8 cm³/mol. The Morgan fingerprint density at radius 1 is 1.57 bits per heavy atom. The zero-order chi connectivity index (χ0) is 15.6. The molecule has 0 aliphatic carbocycles. The van der Waals surface area contributed by atoms with Crippen molar-refractivity contribution >= 4 is 6.29 Å². The van der Waals surface area contributed by atoms with Gasteiger partial charge in [-0.25, -0.2) is 4.79 Å². The van der Waals surface area contributed by atoms with E-state index >= 15 is 0 Å². The maximum absolute atomic E-state index is 11.8. The van der Waals surface area contributed by atoms with Gasteiger partial charge in [-0.2, -0.15) is 0 Å². The normalized spacial score (nSPS) is 29.1. The minimum absolute atomic E-state index is 0.0338. The zero-order valence-corrected chi connectivity index (χ0v) is 11.4. The SMILES string of the molecule is Cc1cn([C@H]2C[C@](O)(C=CC=O)[C@@H](CO)O2)c(=O)[nH]c1=O. The molecule has 3 atom stereocenters. The van der Waals surface area contributed by atoms with Gasteiger partial charge in [-0.15, -0.1) is 0 Å². The van der Waals surface area contributed by atoms with Crippen LogP contribution in [0.2, 0.25) is 0 Å². The molecule has 2 rings (SSSR count). The number of carbonyl (C=O) groups excluding carboxylic acids is 1. The van der Waals surface area contributed by atoms with Crippen molar-refractivity contribution < 1.29 is 19.7 Å². The Morgan fingerprint density at radius 3 is 2.90 bits per heavy atom. The van der Waals surface area contributed by atoms with E-state index < -0.39 is 35.8 Å². The summed E-state index contributed by atoms with van der Waals surface area (Å²) in [6.07, 6.45) is 2.29. The highest BCUT2D eigenvalue weighted by molar-refractivity contribution is 5.65. The number of H-pyrrole nitrogens is 1. The van der Waals surface area contributed by atoms with Crippen LogP contribution in [-0.2, 0) is 9.53 Å². The Labute approximate surface area is 119 Å². The molecule has 0 saturated carbocycles. The summed E-state index contributed by atoms with van der Waals surface area (Å²) in [4.78, 5) is 35.7. The number of allylic oxidation sites excluding steroid dienone is 1. The molecule has 0 bridgehead atoms. The van der Waals surface area contributed by atoms with E-state index in [1.165, 1.54) is 19.2 Å². The molecule has 1 aliphatic heterocycles. The molecule has 1 saturated heterocycles. The number of hydrogen-bond acceptors (Lipinski definition) is 6. The van der Waals surface area contributed by atoms with Crippen LogP contribution in [0.1, 0.15) is 18.2 Å². The highest BCUT2D eigenvalue weighted by atomic mass is 16.5. The molecule has 0 amide bonds. The second kappa shape index (κ2) is 5.76. The van der Waals surface area contributed by atoms with Crippen LogP contribution in [0.15, 0.2) is 27.9 Å². The number of ether oxygens (including phenoxy) is 1. The molecule has 1 fully saturated rings. The minimum Gasteiger partial charge on any atom is -0.394 e. The standard InChI is InChI=1S/C13H16N2O6/c1-8-6-15(12(19)14-11(8)18)10-5-13(20,3-2-4-16)9(7-17)21-10/h2-4,6,9-10,17,20H,5,7H2,1H3,(H,14,18,19)/t9-,10-,13-/m1/s1. The van der Waals surface area contributed by atoms with Gasteiger partial charge < -0.3 is 14.9 Å². The van der Waals surface area contributed by atoms with Gasteiger partial charge >= 0.3 is 5.69 Å². The van der Waals surface area contributed by atoms with Gasteiger partial charge in [0.15, 0.2) is 0 Å². The molecule has 3 N–H and O–H groups in total. The van der Waals surface area contributed by atoms with E-state index in [1.54, 1.807) is 0 Å². The number of nitrogens with zero attached hydrogens (tertiary/aromatic N) is 1. The van der Waals surface area contributed by atoms with Gasteiger partial charge in [0.1, 0.15) is 24.2 Å². The summed E-state index contributed by atoms with van der Waals surface area (Å²) in [5.41, 5.74) is -2.42. The third-order valence-corrected chi connectivity index (χ3v) is 3.47. The van der Waals surface area contributed by atoms with Crippen molar-refractivity contribution in [3.63, 3.8) is 0 Å². The molecule has 21 heavy (non-hydrogen) atoms. The lowest BCUT2D eigenvalue weighted by molar-refractivity contribution is -0.104. The van der Waals surface area contributed by atoms with E-state index in [1.807, 2.05) is 0 Å². The number of aromatic amines is 1. The first kappa shape index (κ1) is 15.4. The summed E-state index contributed by atoms with van der Waals surface area (Å²) in [7, 11) is 0. The lowest BCUT2D eigenvalue weighted by Crippen LogP contribution is -2.38. The summed E-state index contributed by atoms with van der Waals surface area (Å²) < 4.78 is 6.60. The Morgan fingerprint density at radius 2 is 2.29 bits per heavy atom. The van der Waals surface area contributed by atoms with Crippen LogP contribution in [0.3, 0.4) is 0 Å². The van der Waals surface area contributed by atoms with Gasteiger partial charge in [-0.05, 0) is 19.1 Å². The molecule has 2 heterocycles. The number of nitrogens with one attached hydrogen (secondary N) is 1. The van der Waals surface area contributed by atoms with Gasteiger partial charge in [0.2, 0.25) is 0 Å². The number of hydrogen-bond donors (Lipinski definition) is 3. The molecule has 0 unspecified atom stereocenters. The topological polar surface area (TPSA) is 122 Å². The maximum Gasteiger partial charge on any atom is 0.330 e. The molecule has 8 nitrogen and oxygen atoms in total. The van der Waals surface area contributed by atoms with Gasteiger partial charge in [0.05, 0.1) is 6.61 Å². The third kappa shape index (κ3) is 2.87. The monoisotopic (exact) mass is 296 g/mol. The molecular formula is C13H16N2O6. The first-order valence-corrected chi connectivity index (χ1v) is 6.35. The molecule has 114 valence electrons. The first-order valence-electron chi connectivity index (χ1n) is 6.35. The summed E-state index contributed by atoms with van der Waals surface area (Å²) in [6.45, 7) is 1.05. The van der Waals surface area contributed by atoms with Crippen LogP contribution < -0.4 is 11.2 Å². The second-order valence-electron chi connectivity index (χ2n) is 4.93. The molecule has 1 aliphatic rings. The van der Waals surface area contributed by atoms with E-state index in [4.69, 9.17) is 4.74 Å². The number of rotatable bonds is 4. The summed E-state index contributed by atoms with van der Waals surface area (Å²) in [5, 5.41) is 19.7. The summed E-state index contributed by atoms with van der Waals surface area (Å²) >= 11 is 0. The first-order chi connectivity index (χ1) is 9.91. The Kier molecular flexibility index (Phi) is 4.21. The average Bonchev–Trinajstić information content (AvgIpc) is 2.78. The fourth-order valence-electron chi connectivity index (χ4n) is 2.31. The smallest absolute Gasteiger partial charge is 0.330 e. The average molecular weight is 296 g/mol. The molecule has 0 aromatic carbocycles.